The second-order valence-electron chi connectivity index (χ2n) is 18.3. The van der Waals surface area contributed by atoms with E-state index in [1.165, 1.54) is 55.1 Å². The summed E-state index contributed by atoms with van der Waals surface area (Å²) >= 11 is 1.95. The Morgan fingerprint density at radius 1 is 0.891 bits per heavy atom. The molecule has 5 aromatic rings. The van der Waals surface area contributed by atoms with Gasteiger partial charge in [-0.2, -0.15) is 5.70 Å². The molecule has 2 heterocycles. The molecule has 0 atom stereocenters. The molecule has 0 spiro atoms. The first kappa shape index (κ1) is 44.9. The van der Waals surface area contributed by atoms with Crippen LogP contribution in [0.25, 0.3) is 47.5 Å². The number of benzene rings is 3. The van der Waals surface area contributed by atoms with Gasteiger partial charge in [-0.1, -0.05) is 138 Å². The predicted octanol–water partition coefficient (Wildman–Crippen LogP) is 15.1. The van der Waals surface area contributed by atoms with Crippen molar-refractivity contribution in [2.24, 2.45) is 11.8 Å². The smallest absolute Gasteiger partial charge is 0.157 e. The number of carbonyl (C=O) groups is 1. The summed E-state index contributed by atoms with van der Waals surface area (Å²) in [6, 6.07) is 19.7. The molecule has 0 fully saturated rings. The van der Waals surface area contributed by atoms with Crippen LogP contribution >= 0.6 is 11.3 Å². The van der Waals surface area contributed by atoms with Gasteiger partial charge in [0.2, 0.25) is 0 Å². The van der Waals surface area contributed by atoms with Gasteiger partial charge < -0.3 is 5.32 Å². The van der Waals surface area contributed by atoms with Crippen LogP contribution in [0.2, 0.25) is 0 Å². The average Bonchev–Trinajstić information content (AvgIpc) is 3.51. The van der Waals surface area contributed by atoms with E-state index in [-0.39, 0.29) is 54.1 Å². The van der Waals surface area contributed by atoms with Gasteiger partial charge in [-0.15, -0.1) is 46.5 Å². The van der Waals surface area contributed by atoms with Crippen molar-refractivity contribution in [3.05, 3.63) is 94.1 Å². The summed E-state index contributed by atoms with van der Waals surface area (Å²) in [6.07, 6.45) is 10.2. The van der Waals surface area contributed by atoms with Gasteiger partial charge in [-0.05, 0) is 89.0 Å². The van der Waals surface area contributed by atoms with Crippen molar-refractivity contribution in [1.82, 2.24) is 4.98 Å². The maximum Gasteiger partial charge on any atom is 0.157 e. The molecule has 1 aliphatic rings. The number of carbonyl (C=O) groups excluding carboxylic acids is 1. The average molecular weight is 935 g/mol. The zero-order valence-electron chi connectivity index (χ0n) is 36.2. The third-order valence-corrected chi connectivity index (χ3v) is 13.2. The van der Waals surface area contributed by atoms with Crippen LogP contribution in [0.1, 0.15) is 151 Å². The molecule has 1 aliphatic carbocycles. The van der Waals surface area contributed by atoms with Crippen LogP contribution in [-0.2, 0) is 41.1 Å². The molecule has 3 aromatic carbocycles. The summed E-state index contributed by atoms with van der Waals surface area (Å²) < 4.78 is 2.75. The van der Waals surface area contributed by atoms with Crippen LogP contribution in [-0.4, -0.2) is 16.8 Å². The molecule has 55 heavy (non-hydrogen) atoms. The second kappa shape index (κ2) is 17.7. The van der Waals surface area contributed by atoms with Crippen molar-refractivity contribution in [3.63, 3.8) is 0 Å². The Bertz CT molecular complexity index is 2150. The largest absolute Gasteiger partial charge is 0.685 e. The van der Waals surface area contributed by atoms with Crippen molar-refractivity contribution in [2.45, 2.75) is 158 Å². The van der Waals surface area contributed by atoms with E-state index in [2.05, 4.69) is 151 Å². The van der Waals surface area contributed by atoms with Gasteiger partial charge in [0.1, 0.15) is 0 Å². The molecule has 0 amide bonds. The molecule has 0 saturated carbocycles. The van der Waals surface area contributed by atoms with E-state index in [9.17, 15) is 4.79 Å². The zero-order valence-corrected chi connectivity index (χ0v) is 39.4. The van der Waals surface area contributed by atoms with Crippen LogP contribution in [0.5, 0.6) is 0 Å². The fourth-order valence-corrected chi connectivity index (χ4v) is 10.2. The predicted molar refractivity (Wildman–Crippen MR) is 237 cm³/mol. The van der Waals surface area contributed by atoms with Crippen molar-refractivity contribution >= 4 is 48.1 Å². The van der Waals surface area contributed by atoms with Crippen molar-refractivity contribution < 1.29 is 24.9 Å². The fourth-order valence-electron chi connectivity index (χ4n) is 8.56. The van der Waals surface area contributed by atoms with Crippen LogP contribution in [0, 0.1) is 24.8 Å². The van der Waals surface area contributed by atoms with E-state index in [1.807, 2.05) is 23.6 Å². The summed E-state index contributed by atoms with van der Waals surface area (Å²) in [7, 11) is 0. The Morgan fingerprint density at radius 2 is 1.51 bits per heavy atom. The first-order valence-electron chi connectivity index (χ1n) is 20.7. The maximum absolute atomic E-state index is 12.2. The first-order chi connectivity index (χ1) is 25.4. The molecule has 5 heteroatoms. The van der Waals surface area contributed by atoms with E-state index in [4.69, 9.17) is 4.98 Å². The normalized spacial score (nSPS) is 15.3. The number of fused-ring (bicyclic) bond motifs is 6. The number of nitrogens with zero attached hydrogens (tertiary/aromatic N) is 2. The summed E-state index contributed by atoms with van der Waals surface area (Å²) in [6.45, 7) is 31.5. The summed E-state index contributed by atoms with van der Waals surface area (Å²) in [4.78, 5) is 17.2. The van der Waals surface area contributed by atoms with Gasteiger partial charge in [-0.25, -0.2) is 0 Å². The molecule has 0 unspecified atom stereocenters. The third-order valence-electron chi connectivity index (χ3n) is 12.0. The fraction of sp³-hybridized carbons (Fsp3) is 0.520. The SMILES string of the molecule is CCC(CC)C(=O)/C=C(\[N-]C(C)C)C(CC)CC.Cc1cc2c(c3sc4c(-c5[c-]c6ccccc6c(C(C)(C)C)c5)nccc4c13)C(C)(C)CCC2(C)C.[Ir]. The minimum absolute atomic E-state index is 0. The monoisotopic (exact) mass is 935 g/mol. The molecular formula is C50H66IrN2OS-2. The van der Waals surface area contributed by atoms with Gasteiger partial charge >= 0.3 is 0 Å². The number of allylic oxidation sites excluding steroid dienone is 2. The zero-order chi connectivity index (χ0) is 39.7. The number of aromatic nitrogens is 1. The summed E-state index contributed by atoms with van der Waals surface area (Å²) in [5.74, 6) is 0.841. The molecule has 2 aromatic heterocycles. The Morgan fingerprint density at radius 3 is 2.11 bits per heavy atom. The molecule has 0 saturated heterocycles. The topological polar surface area (TPSA) is 44.1 Å². The van der Waals surface area contributed by atoms with E-state index < -0.39 is 0 Å². The Balaban J connectivity index is 0.000000304. The van der Waals surface area contributed by atoms with Crippen molar-refractivity contribution in [3.8, 4) is 11.3 Å². The molecule has 0 aliphatic heterocycles. The molecule has 0 bridgehead atoms. The van der Waals surface area contributed by atoms with Crippen LogP contribution in [0.15, 0.2) is 60.4 Å². The summed E-state index contributed by atoms with van der Waals surface area (Å²) in [5.41, 5.74) is 9.40. The molecular weight excluding hydrogens is 869 g/mol. The minimum Gasteiger partial charge on any atom is -0.685 e. The van der Waals surface area contributed by atoms with Gasteiger partial charge in [0.15, 0.2) is 5.78 Å². The number of thiophene rings is 1. The van der Waals surface area contributed by atoms with E-state index in [0.29, 0.717) is 5.92 Å². The van der Waals surface area contributed by atoms with Crippen LogP contribution in [0.4, 0.5) is 0 Å². The number of aryl methyl sites for hydroxylation is 1. The minimum atomic E-state index is 0. The second-order valence-corrected chi connectivity index (χ2v) is 19.4. The van der Waals surface area contributed by atoms with Crippen molar-refractivity contribution in [1.29, 1.82) is 0 Å². The molecule has 0 N–H and O–H groups in total. The molecule has 299 valence electrons. The molecule has 1 radical (unpaired) electrons. The number of pyridine rings is 1. The van der Waals surface area contributed by atoms with Crippen LogP contribution in [0.3, 0.4) is 0 Å². The van der Waals surface area contributed by atoms with Gasteiger partial charge in [0.25, 0.3) is 0 Å². The molecule has 6 rings (SSSR count). The quantitative estimate of drug-likeness (QED) is 0.103. The van der Waals surface area contributed by atoms with Crippen molar-refractivity contribution in [2.75, 3.05) is 0 Å². The number of hydrogen-bond acceptors (Lipinski definition) is 3. The van der Waals surface area contributed by atoms with Gasteiger partial charge in [-0.3, -0.25) is 9.78 Å². The Kier molecular flexibility index (Phi) is 14.5. The third kappa shape index (κ3) is 9.32. The van der Waals surface area contributed by atoms with E-state index in [0.717, 1.165) is 48.0 Å². The van der Waals surface area contributed by atoms with Crippen LogP contribution < -0.4 is 0 Å². The van der Waals surface area contributed by atoms with Gasteiger partial charge in [0.05, 0.1) is 0 Å². The van der Waals surface area contributed by atoms with E-state index in [1.54, 1.807) is 5.56 Å². The standard InChI is InChI=1S/C34H36NS.C16H31NO.Ir/c1-20-17-26-28(34(7,8)15-14-33(26,5)6)31-27(20)24-13-16-35-29(30(24)36-31)22-18-21-11-9-10-12-23(21)25(19-22)32(2,3)4;1-7-13(8-2)15(17-12(5)6)11-16(18)14(9-3)10-4;/h9-13,16-17,19H,14-15H2,1-8H3;11-14H,7-10H2,1-6H3,(H,17,18);/q-1;;/p-1. The molecule has 3 nitrogen and oxygen atoms in total. The van der Waals surface area contributed by atoms with Gasteiger partial charge in [0, 0.05) is 52.7 Å². The Labute approximate surface area is 350 Å². The number of rotatable bonds is 10. The van der Waals surface area contributed by atoms with E-state index >= 15 is 0 Å². The summed E-state index contributed by atoms with van der Waals surface area (Å²) in [5, 5.41) is 9.85. The first-order valence-corrected chi connectivity index (χ1v) is 21.5. The Hall–Kier alpha value is -2.85. The number of hydrogen-bond donors (Lipinski definition) is 0. The number of ketones is 1. The maximum atomic E-state index is 12.2.